The second-order valence-electron chi connectivity index (χ2n) is 4.29. The molecule has 1 aromatic rings. The Hall–Kier alpha value is -0.920. The van der Waals surface area contributed by atoms with Crippen LogP contribution in [0.3, 0.4) is 0 Å². The van der Waals surface area contributed by atoms with Crippen molar-refractivity contribution in [2.24, 2.45) is 0 Å². The first-order valence-corrected chi connectivity index (χ1v) is 8.25. The summed E-state index contributed by atoms with van der Waals surface area (Å²) in [6.45, 7) is 10.5. The molecule has 0 radical (unpaired) electrons. The Morgan fingerprint density at radius 3 is 1.57 bits per heavy atom. The summed E-state index contributed by atoms with van der Waals surface area (Å²) in [7, 11) is 0. The molecule has 1 rings (SSSR count). The maximum absolute atomic E-state index is 11.4. The Morgan fingerprint density at radius 1 is 0.952 bits per heavy atom. The molecule has 0 N–H and O–H groups in total. The Bertz CT molecular complexity index is 554. The van der Waals surface area contributed by atoms with Crippen LogP contribution in [0, 0.1) is 0 Å². The Kier molecular flexibility index (Phi) is 6.83. The number of carbonyl (C=O) groups is 2. The summed E-state index contributed by atoms with van der Waals surface area (Å²) in [5.74, 6) is -0.886. The molecule has 0 saturated carbocycles. The van der Waals surface area contributed by atoms with E-state index in [2.05, 4.69) is 45.0 Å². The fraction of sp³-hybridized carbons (Fsp3) is 0.286. The highest BCUT2D eigenvalue weighted by Crippen LogP contribution is 2.38. The number of ether oxygens (including phenoxy) is 2. The van der Waals surface area contributed by atoms with Crippen LogP contribution in [-0.4, -0.2) is 11.9 Å². The van der Waals surface area contributed by atoms with Gasteiger partial charge in [-0.15, -0.1) is 11.3 Å². The van der Waals surface area contributed by atoms with Crippen LogP contribution in [0.4, 0.5) is 0 Å². The molecule has 7 heteroatoms. The van der Waals surface area contributed by atoms with Gasteiger partial charge in [-0.3, -0.25) is 0 Å². The molecular formula is C14H14Br2O4S. The van der Waals surface area contributed by atoms with Crippen LogP contribution in [-0.2, 0) is 32.3 Å². The summed E-state index contributed by atoms with van der Waals surface area (Å²) in [5, 5.41) is 0. The number of rotatable bonds is 6. The maximum Gasteiger partial charge on any atom is 0.333 e. The lowest BCUT2D eigenvalue weighted by atomic mass is 10.3. The van der Waals surface area contributed by atoms with Crippen molar-refractivity contribution in [2.45, 2.75) is 27.1 Å². The van der Waals surface area contributed by atoms with Gasteiger partial charge >= 0.3 is 11.9 Å². The summed E-state index contributed by atoms with van der Waals surface area (Å²) in [6.07, 6.45) is 0. The highest BCUT2D eigenvalue weighted by Gasteiger charge is 2.17. The van der Waals surface area contributed by atoms with E-state index in [-0.39, 0.29) is 13.2 Å². The maximum atomic E-state index is 11.4. The van der Waals surface area contributed by atoms with Crippen LogP contribution in [0.5, 0.6) is 0 Å². The van der Waals surface area contributed by atoms with E-state index in [1.165, 1.54) is 11.3 Å². The van der Waals surface area contributed by atoms with Crippen LogP contribution in [0.2, 0.25) is 0 Å². The van der Waals surface area contributed by atoms with Crippen molar-refractivity contribution >= 4 is 55.1 Å². The quantitative estimate of drug-likeness (QED) is 0.485. The van der Waals surface area contributed by atoms with Crippen molar-refractivity contribution in [3.05, 3.63) is 43.0 Å². The monoisotopic (exact) mass is 436 g/mol. The third-order valence-electron chi connectivity index (χ3n) is 2.29. The number of hydrogen-bond acceptors (Lipinski definition) is 5. The standard InChI is InChI=1S/C14H14Br2O4S/c1-7(2)13(17)19-5-9-11(15)12(16)10(21-9)6-20-14(18)8(3)4/h1,3,5-6H2,2,4H3. The minimum absolute atomic E-state index is 0.129. The molecular weight excluding hydrogens is 424 g/mol. The molecule has 114 valence electrons. The second-order valence-corrected chi connectivity index (χ2v) is 7.07. The summed E-state index contributed by atoms with van der Waals surface area (Å²) in [5.41, 5.74) is 0.690. The number of thiophene rings is 1. The molecule has 1 heterocycles. The van der Waals surface area contributed by atoms with Crippen molar-refractivity contribution in [3.8, 4) is 0 Å². The van der Waals surface area contributed by atoms with Gasteiger partial charge in [0.15, 0.2) is 0 Å². The number of esters is 2. The fourth-order valence-corrected chi connectivity index (χ4v) is 3.55. The molecule has 0 aliphatic carbocycles. The molecule has 0 fully saturated rings. The molecule has 0 spiro atoms. The van der Waals surface area contributed by atoms with E-state index in [9.17, 15) is 9.59 Å². The van der Waals surface area contributed by atoms with Gasteiger partial charge in [-0.2, -0.15) is 0 Å². The van der Waals surface area contributed by atoms with Crippen LogP contribution >= 0.6 is 43.2 Å². The normalized spacial score (nSPS) is 10.1. The van der Waals surface area contributed by atoms with Gasteiger partial charge in [0.1, 0.15) is 13.2 Å². The minimum Gasteiger partial charge on any atom is -0.457 e. The molecule has 0 saturated heterocycles. The van der Waals surface area contributed by atoms with E-state index in [4.69, 9.17) is 9.47 Å². The minimum atomic E-state index is -0.443. The number of hydrogen-bond donors (Lipinski definition) is 0. The van der Waals surface area contributed by atoms with Gasteiger partial charge in [0, 0.05) is 20.1 Å². The van der Waals surface area contributed by atoms with Gasteiger partial charge < -0.3 is 9.47 Å². The highest BCUT2D eigenvalue weighted by atomic mass is 79.9. The highest BCUT2D eigenvalue weighted by molar-refractivity contribution is 9.13. The second kappa shape index (κ2) is 7.91. The molecule has 0 aliphatic heterocycles. The van der Waals surface area contributed by atoms with Crippen molar-refractivity contribution in [3.63, 3.8) is 0 Å². The van der Waals surface area contributed by atoms with E-state index >= 15 is 0 Å². The Labute approximate surface area is 144 Å². The predicted octanol–water partition coefficient (Wildman–Crippen LogP) is 4.51. The fourth-order valence-electron chi connectivity index (χ4n) is 1.18. The van der Waals surface area contributed by atoms with Gasteiger partial charge in [0.05, 0.1) is 9.75 Å². The van der Waals surface area contributed by atoms with E-state index in [1.54, 1.807) is 13.8 Å². The van der Waals surface area contributed by atoms with Crippen molar-refractivity contribution < 1.29 is 19.1 Å². The Morgan fingerprint density at radius 2 is 1.29 bits per heavy atom. The van der Waals surface area contributed by atoms with Gasteiger partial charge in [0.25, 0.3) is 0 Å². The van der Waals surface area contributed by atoms with E-state index in [1.807, 2.05) is 0 Å². The molecule has 0 unspecified atom stereocenters. The zero-order chi connectivity index (χ0) is 16.2. The van der Waals surface area contributed by atoms with E-state index in [0.29, 0.717) is 11.1 Å². The zero-order valence-electron chi connectivity index (χ0n) is 11.6. The van der Waals surface area contributed by atoms with Crippen molar-refractivity contribution in [2.75, 3.05) is 0 Å². The van der Waals surface area contributed by atoms with Crippen molar-refractivity contribution in [1.29, 1.82) is 0 Å². The van der Waals surface area contributed by atoms with Gasteiger partial charge in [-0.25, -0.2) is 9.59 Å². The van der Waals surface area contributed by atoms with Gasteiger partial charge in [-0.05, 0) is 45.7 Å². The first-order chi connectivity index (χ1) is 9.73. The molecule has 4 nitrogen and oxygen atoms in total. The molecule has 0 bridgehead atoms. The molecule has 0 aromatic carbocycles. The molecule has 21 heavy (non-hydrogen) atoms. The van der Waals surface area contributed by atoms with E-state index in [0.717, 1.165) is 18.7 Å². The average Bonchev–Trinajstić information content (AvgIpc) is 2.69. The summed E-state index contributed by atoms with van der Waals surface area (Å²) < 4.78 is 11.8. The third-order valence-corrected chi connectivity index (χ3v) is 6.24. The van der Waals surface area contributed by atoms with Crippen LogP contribution in [0.25, 0.3) is 0 Å². The largest absolute Gasteiger partial charge is 0.457 e. The van der Waals surface area contributed by atoms with Gasteiger partial charge in [0.2, 0.25) is 0 Å². The lowest BCUT2D eigenvalue weighted by Crippen LogP contribution is -2.04. The summed E-state index contributed by atoms with van der Waals surface area (Å²) in [6, 6.07) is 0. The SMILES string of the molecule is C=C(C)C(=O)OCc1sc(COC(=O)C(=C)C)c(Br)c1Br. The molecule has 0 amide bonds. The number of halogens is 2. The third kappa shape index (κ3) is 5.09. The topological polar surface area (TPSA) is 52.6 Å². The predicted molar refractivity (Wildman–Crippen MR) is 88.9 cm³/mol. The van der Waals surface area contributed by atoms with Crippen LogP contribution in [0.1, 0.15) is 23.6 Å². The summed E-state index contributed by atoms with van der Waals surface area (Å²) >= 11 is 8.22. The number of carbonyl (C=O) groups excluding carboxylic acids is 2. The molecule has 1 aromatic heterocycles. The lowest BCUT2D eigenvalue weighted by molar-refractivity contribution is -0.140. The first-order valence-electron chi connectivity index (χ1n) is 5.84. The van der Waals surface area contributed by atoms with E-state index < -0.39 is 11.9 Å². The lowest BCUT2D eigenvalue weighted by Gasteiger charge is -2.03. The zero-order valence-corrected chi connectivity index (χ0v) is 15.6. The van der Waals surface area contributed by atoms with Crippen LogP contribution < -0.4 is 0 Å². The average molecular weight is 438 g/mol. The molecule has 0 aliphatic rings. The molecule has 0 atom stereocenters. The van der Waals surface area contributed by atoms with Crippen LogP contribution in [0.15, 0.2) is 33.2 Å². The van der Waals surface area contributed by atoms with Crippen molar-refractivity contribution in [1.82, 2.24) is 0 Å². The van der Waals surface area contributed by atoms with Gasteiger partial charge in [-0.1, -0.05) is 13.2 Å². The smallest absolute Gasteiger partial charge is 0.333 e. The summed E-state index contributed by atoms with van der Waals surface area (Å²) in [4.78, 5) is 24.4. The first kappa shape index (κ1) is 18.1. The Balaban J connectivity index is 2.74.